The molecule has 0 radical (unpaired) electrons. The summed E-state index contributed by atoms with van der Waals surface area (Å²) in [6.07, 6.45) is 0.974. The van der Waals surface area contributed by atoms with Gasteiger partial charge in [0.15, 0.2) is 0 Å². The molecule has 0 bridgehead atoms. The molecule has 41 heavy (non-hydrogen) atoms. The maximum Gasteiger partial charge on any atom is 0.123 e. The lowest BCUT2D eigenvalue weighted by molar-refractivity contribution is 0.356. The highest BCUT2D eigenvalue weighted by atomic mass is 16.5. The van der Waals surface area contributed by atoms with Crippen molar-refractivity contribution in [3.8, 4) is 39.1 Å². The van der Waals surface area contributed by atoms with Gasteiger partial charge in [-0.05, 0) is 96.7 Å². The molecular weight excluding hydrogens is 496 g/mol. The van der Waals surface area contributed by atoms with Crippen LogP contribution in [-0.2, 0) is 6.42 Å². The van der Waals surface area contributed by atoms with Gasteiger partial charge >= 0.3 is 0 Å². The van der Waals surface area contributed by atoms with E-state index >= 15 is 0 Å². The van der Waals surface area contributed by atoms with Crippen LogP contribution in [0.4, 0.5) is 0 Å². The molecule has 0 saturated heterocycles. The highest BCUT2D eigenvalue weighted by molar-refractivity contribution is 6.24. The van der Waals surface area contributed by atoms with Crippen LogP contribution < -0.4 is 4.74 Å². The molecule has 1 heteroatoms. The van der Waals surface area contributed by atoms with Crippen molar-refractivity contribution < 1.29 is 4.74 Å². The van der Waals surface area contributed by atoms with E-state index in [0.717, 1.165) is 18.8 Å². The maximum absolute atomic E-state index is 5.99. The molecule has 7 aromatic rings. The minimum atomic E-state index is 0.769. The summed E-state index contributed by atoms with van der Waals surface area (Å²) in [7, 11) is 0. The average molecular weight is 527 g/mol. The second-order valence-electron chi connectivity index (χ2n) is 11.2. The molecule has 0 aromatic heterocycles. The van der Waals surface area contributed by atoms with Gasteiger partial charge in [0.2, 0.25) is 0 Å². The molecule has 0 fully saturated rings. The van der Waals surface area contributed by atoms with Crippen molar-refractivity contribution in [3.63, 3.8) is 0 Å². The monoisotopic (exact) mass is 526 g/mol. The molecule has 0 aliphatic carbocycles. The highest BCUT2D eigenvalue weighted by Crippen LogP contribution is 2.48. The van der Waals surface area contributed by atoms with Crippen molar-refractivity contribution in [2.24, 2.45) is 0 Å². The lowest BCUT2D eigenvalue weighted by Gasteiger charge is -2.22. The van der Waals surface area contributed by atoms with E-state index in [1.807, 2.05) is 0 Å². The van der Waals surface area contributed by atoms with Crippen molar-refractivity contribution in [2.75, 3.05) is 6.61 Å². The van der Waals surface area contributed by atoms with E-state index in [4.69, 9.17) is 4.74 Å². The smallest absolute Gasteiger partial charge is 0.123 e. The Balaban J connectivity index is 1.50. The molecular formula is C40H30O. The first-order valence-corrected chi connectivity index (χ1v) is 14.5. The Morgan fingerprint density at radius 1 is 0.488 bits per heavy atom. The van der Waals surface area contributed by atoms with Gasteiger partial charge in [-0.1, -0.05) is 115 Å². The summed E-state index contributed by atoms with van der Waals surface area (Å²) < 4.78 is 5.99. The van der Waals surface area contributed by atoms with E-state index in [-0.39, 0.29) is 0 Å². The van der Waals surface area contributed by atoms with Crippen LogP contribution in [0.25, 0.3) is 65.7 Å². The standard InChI is InChI=1S/C40H30O/c1-25-24-37-28(22-23-41-37)26(2)38(25)40-34-18-10-8-16-32(34)39(33-17-9-11-19-35(33)40)36-21-20-29(27-12-4-3-5-13-27)30-14-6-7-15-31(30)36/h3-21,24H,22-23H2,1-2H3. The summed E-state index contributed by atoms with van der Waals surface area (Å²) in [6.45, 7) is 5.28. The maximum atomic E-state index is 5.99. The fraction of sp³-hybridized carbons (Fsp3) is 0.100. The predicted octanol–water partition coefficient (Wildman–Crippen LogP) is 10.7. The zero-order chi connectivity index (χ0) is 27.5. The van der Waals surface area contributed by atoms with Crippen molar-refractivity contribution in [2.45, 2.75) is 20.3 Å². The van der Waals surface area contributed by atoms with Crippen LogP contribution in [0.3, 0.4) is 0 Å². The van der Waals surface area contributed by atoms with Crippen LogP contribution in [0.1, 0.15) is 16.7 Å². The average Bonchev–Trinajstić information content (AvgIpc) is 3.50. The van der Waals surface area contributed by atoms with Gasteiger partial charge in [0.1, 0.15) is 5.75 Å². The number of aryl methyl sites for hydroxylation is 1. The van der Waals surface area contributed by atoms with Crippen molar-refractivity contribution in [1.29, 1.82) is 0 Å². The zero-order valence-electron chi connectivity index (χ0n) is 23.4. The third-order valence-electron chi connectivity index (χ3n) is 8.94. The first-order valence-electron chi connectivity index (χ1n) is 14.5. The Hall–Kier alpha value is -4.88. The SMILES string of the molecule is Cc1cc2c(c(C)c1-c1c3ccccc3c(-c3ccc(-c4ccccc4)c4ccccc34)c3ccccc13)CCO2. The van der Waals surface area contributed by atoms with Gasteiger partial charge in [0.05, 0.1) is 6.61 Å². The zero-order valence-corrected chi connectivity index (χ0v) is 23.4. The van der Waals surface area contributed by atoms with Crippen LogP contribution in [-0.4, -0.2) is 6.61 Å². The fourth-order valence-electron chi connectivity index (χ4n) is 7.15. The highest BCUT2D eigenvalue weighted by Gasteiger charge is 2.24. The Kier molecular flexibility index (Phi) is 5.47. The molecule has 0 unspecified atom stereocenters. The fourth-order valence-corrected chi connectivity index (χ4v) is 7.15. The number of fused-ring (bicyclic) bond motifs is 4. The summed E-state index contributed by atoms with van der Waals surface area (Å²) in [5.74, 6) is 1.05. The Morgan fingerprint density at radius 2 is 1.00 bits per heavy atom. The summed E-state index contributed by atoms with van der Waals surface area (Å²) in [6, 6.07) is 44.4. The molecule has 196 valence electrons. The van der Waals surface area contributed by atoms with Crippen molar-refractivity contribution in [1.82, 2.24) is 0 Å². The lowest BCUT2D eigenvalue weighted by atomic mass is 9.81. The molecule has 0 saturated carbocycles. The number of hydrogen-bond donors (Lipinski definition) is 0. The summed E-state index contributed by atoms with van der Waals surface area (Å²) >= 11 is 0. The summed E-state index contributed by atoms with van der Waals surface area (Å²) in [5, 5.41) is 7.71. The molecule has 7 aromatic carbocycles. The first-order chi connectivity index (χ1) is 20.2. The number of benzene rings is 7. The molecule has 1 aliphatic rings. The minimum Gasteiger partial charge on any atom is -0.493 e. The Labute approximate surface area is 240 Å². The van der Waals surface area contributed by atoms with Gasteiger partial charge in [-0.2, -0.15) is 0 Å². The van der Waals surface area contributed by atoms with Gasteiger partial charge in [-0.25, -0.2) is 0 Å². The van der Waals surface area contributed by atoms with Crippen LogP contribution in [0.2, 0.25) is 0 Å². The lowest BCUT2D eigenvalue weighted by Crippen LogP contribution is -1.97. The molecule has 1 aliphatic heterocycles. The molecule has 0 spiro atoms. The van der Waals surface area contributed by atoms with E-state index in [2.05, 4.69) is 135 Å². The third-order valence-corrected chi connectivity index (χ3v) is 8.94. The van der Waals surface area contributed by atoms with Gasteiger partial charge in [0.25, 0.3) is 0 Å². The normalized spacial score (nSPS) is 12.6. The van der Waals surface area contributed by atoms with E-state index in [9.17, 15) is 0 Å². The van der Waals surface area contributed by atoms with Crippen LogP contribution in [0, 0.1) is 13.8 Å². The molecule has 0 atom stereocenters. The second kappa shape index (κ2) is 9.35. The molecule has 1 heterocycles. The molecule has 8 rings (SSSR count). The van der Waals surface area contributed by atoms with E-state index < -0.39 is 0 Å². The number of rotatable bonds is 3. The van der Waals surface area contributed by atoms with Gasteiger partial charge in [-0.3, -0.25) is 0 Å². The summed E-state index contributed by atoms with van der Waals surface area (Å²) in [4.78, 5) is 0. The van der Waals surface area contributed by atoms with Crippen molar-refractivity contribution in [3.05, 3.63) is 138 Å². The topological polar surface area (TPSA) is 9.23 Å². The Morgan fingerprint density at radius 3 is 1.63 bits per heavy atom. The molecule has 0 amide bonds. The van der Waals surface area contributed by atoms with Crippen molar-refractivity contribution >= 4 is 32.3 Å². The second-order valence-corrected chi connectivity index (χ2v) is 11.2. The molecule has 0 N–H and O–H groups in total. The van der Waals surface area contributed by atoms with E-state index in [1.165, 1.54) is 82.4 Å². The third kappa shape index (κ3) is 3.62. The first kappa shape index (κ1) is 24.0. The van der Waals surface area contributed by atoms with Crippen LogP contribution >= 0.6 is 0 Å². The van der Waals surface area contributed by atoms with Gasteiger partial charge < -0.3 is 4.74 Å². The minimum absolute atomic E-state index is 0.769. The summed E-state index contributed by atoms with van der Waals surface area (Å²) in [5.41, 5.74) is 11.7. The Bertz CT molecular complexity index is 2080. The largest absolute Gasteiger partial charge is 0.493 e. The molecule has 1 nitrogen and oxygen atoms in total. The predicted molar refractivity (Wildman–Crippen MR) is 174 cm³/mol. The quantitative estimate of drug-likeness (QED) is 0.208. The number of hydrogen-bond acceptors (Lipinski definition) is 1. The number of ether oxygens (including phenoxy) is 1. The van der Waals surface area contributed by atoms with Gasteiger partial charge in [-0.15, -0.1) is 0 Å². The van der Waals surface area contributed by atoms with Crippen LogP contribution in [0.5, 0.6) is 5.75 Å². The van der Waals surface area contributed by atoms with E-state index in [0.29, 0.717) is 0 Å². The van der Waals surface area contributed by atoms with E-state index in [1.54, 1.807) is 0 Å². The van der Waals surface area contributed by atoms with Crippen LogP contribution in [0.15, 0.2) is 121 Å². The van der Waals surface area contributed by atoms with Gasteiger partial charge in [0, 0.05) is 12.0 Å².